The Morgan fingerprint density at radius 3 is 2.57 bits per heavy atom. The van der Waals surface area contributed by atoms with Gasteiger partial charge in [0.1, 0.15) is 6.10 Å². The number of rotatable bonds is 4. The smallest absolute Gasteiger partial charge is 0.417 e. The van der Waals surface area contributed by atoms with E-state index in [0.29, 0.717) is 36.3 Å². The van der Waals surface area contributed by atoms with Crippen LogP contribution in [0.2, 0.25) is 10.0 Å². The number of aromatic nitrogens is 1. The maximum atomic E-state index is 13.4. The van der Waals surface area contributed by atoms with Gasteiger partial charge >= 0.3 is 12.2 Å². The summed E-state index contributed by atoms with van der Waals surface area (Å²) in [5, 5.41) is 0.851. The third kappa shape index (κ3) is 4.90. The molecule has 188 valence electrons. The number of hydrogen-bond donors (Lipinski definition) is 0. The number of nitrogens with zero attached hydrogens (tertiary/aromatic N) is 3. The number of carbonyl (C=O) groups excluding carboxylic acids is 1. The fraction of sp³-hybridized carbons (Fsp3) is 0.500. The number of benzene rings is 1. The third-order valence-corrected chi connectivity index (χ3v) is 7.87. The minimum Gasteiger partial charge on any atom is -0.474 e. The average molecular weight is 530 g/mol. The molecular weight excluding hydrogens is 506 g/mol. The lowest BCUT2D eigenvalue weighted by Crippen LogP contribution is -2.48. The molecule has 0 aliphatic carbocycles. The van der Waals surface area contributed by atoms with Gasteiger partial charge in [0.25, 0.3) is 0 Å². The summed E-state index contributed by atoms with van der Waals surface area (Å²) in [6, 6.07) is 7.62. The molecule has 1 aromatic carbocycles. The summed E-state index contributed by atoms with van der Waals surface area (Å²) in [6.07, 6.45) is -3.19. The number of likely N-dealkylation sites (tertiary alicyclic amines) is 2. The molecule has 2 bridgehead atoms. The Morgan fingerprint density at radius 2 is 1.97 bits per heavy atom. The first-order valence-electron chi connectivity index (χ1n) is 11.4. The SMILES string of the molecule is C[C@H](Oc1ccc(C(F)(F)F)cn1)[C@H]1CN(C(=O)N2CC3CC2CO3)C[C@@H]1c1ccc(Cl)c(Cl)c1. The maximum absolute atomic E-state index is 13.4. The van der Waals surface area contributed by atoms with Crippen LogP contribution in [0.1, 0.15) is 30.4 Å². The van der Waals surface area contributed by atoms with Gasteiger partial charge in [-0.3, -0.25) is 0 Å². The number of carbonyl (C=O) groups is 1. The van der Waals surface area contributed by atoms with Crippen molar-refractivity contribution in [2.75, 3.05) is 26.2 Å². The van der Waals surface area contributed by atoms with Crippen LogP contribution in [0, 0.1) is 5.92 Å². The monoisotopic (exact) mass is 529 g/mol. The highest BCUT2D eigenvalue weighted by Gasteiger charge is 2.47. The summed E-state index contributed by atoms with van der Waals surface area (Å²) in [5.41, 5.74) is 0.0783. The Bertz CT molecular complexity index is 1100. The van der Waals surface area contributed by atoms with Crippen LogP contribution < -0.4 is 4.74 Å². The van der Waals surface area contributed by atoms with Gasteiger partial charge in [0.2, 0.25) is 5.88 Å². The molecule has 0 N–H and O–H groups in total. The molecule has 5 rings (SSSR count). The second-order valence-electron chi connectivity index (χ2n) is 9.33. The number of alkyl halides is 3. The van der Waals surface area contributed by atoms with Gasteiger partial charge in [-0.15, -0.1) is 0 Å². The molecule has 2 amide bonds. The largest absolute Gasteiger partial charge is 0.474 e. The first-order chi connectivity index (χ1) is 16.6. The average Bonchev–Trinajstić information content (AvgIpc) is 3.56. The summed E-state index contributed by atoms with van der Waals surface area (Å²) in [7, 11) is 0. The van der Waals surface area contributed by atoms with E-state index in [1.165, 1.54) is 6.07 Å². The van der Waals surface area contributed by atoms with Crippen LogP contribution >= 0.6 is 23.2 Å². The second kappa shape index (κ2) is 9.33. The standard InChI is InChI=1S/C24H24Cl2F3N3O3/c1-13(35-22-5-3-15(8-30-22)24(27,28)29)18-10-31(23(33)32-9-17-7-16(32)12-34-17)11-19(18)14-2-4-20(25)21(26)6-14/h2-6,8,13,16-19H,7,9-12H2,1H3/t13-,16?,17?,18+,19+/m0/s1. The Morgan fingerprint density at radius 1 is 1.17 bits per heavy atom. The highest BCUT2D eigenvalue weighted by Crippen LogP contribution is 2.40. The van der Waals surface area contributed by atoms with E-state index in [0.717, 1.165) is 24.2 Å². The van der Waals surface area contributed by atoms with E-state index in [2.05, 4.69) is 4.98 Å². The number of urea groups is 1. The minimum absolute atomic E-state index is 0.0341. The van der Waals surface area contributed by atoms with Gasteiger partial charge in [0.05, 0.1) is 34.4 Å². The second-order valence-corrected chi connectivity index (χ2v) is 10.1. The van der Waals surface area contributed by atoms with Crippen LogP contribution in [0.25, 0.3) is 0 Å². The molecule has 5 atom stereocenters. The van der Waals surface area contributed by atoms with Crippen LogP contribution in [0.3, 0.4) is 0 Å². The van der Waals surface area contributed by atoms with E-state index in [9.17, 15) is 18.0 Å². The molecule has 2 unspecified atom stereocenters. The molecule has 35 heavy (non-hydrogen) atoms. The minimum atomic E-state index is -4.47. The first kappa shape index (κ1) is 24.5. The molecule has 1 aromatic heterocycles. The lowest BCUT2D eigenvalue weighted by Gasteiger charge is -2.31. The van der Waals surface area contributed by atoms with Crippen LogP contribution in [-0.2, 0) is 10.9 Å². The zero-order valence-corrected chi connectivity index (χ0v) is 20.4. The summed E-state index contributed by atoms with van der Waals surface area (Å²) in [4.78, 5) is 20.9. The Balaban J connectivity index is 1.36. The molecular formula is C24H24Cl2F3N3O3. The Hall–Kier alpha value is -2.23. The quantitative estimate of drug-likeness (QED) is 0.526. The van der Waals surface area contributed by atoms with Gasteiger partial charge in [-0.1, -0.05) is 29.3 Å². The van der Waals surface area contributed by atoms with Crippen molar-refractivity contribution < 1.29 is 27.4 Å². The molecule has 0 spiro atoms. The summed E-state index contributed by atoms with van der Waals surface area (Å²) in [5.74, 6) is -0.150. The van der Waals surface area contributed by atoms with Crippen LogP contribution in [0.4, 0.5) is 18.0 Å². The summed E-state index contributed by atoms with van der Waals surface area (Å²) >= 11 is 12.4. The van der Waals surface area contributed by atoms with E-state index >= 15 is 0 Å². The number of pyridine rings is 1. The molecule has 2 aromatic rings. The molecule has 0 saturated carbocycles. The molecule has 3 aliphatic rings. The summed E-state index contributed by atoms with van der Waals surface area (Å²) < 4.78 is 50.2. The van der Waals surface area contributed by atoms with Gasteiger partial charge in [-0.2, -0.15) is 13.2 Å². The molecule has 11 heteroatoms. The van der Waals surface area contributed by atoms with Crippen molar-refractivity contribution in [2.45, 2.75) is 43.7 Å². The fourth-order valence-electron chi connectivity index (χ4n) is 5.27. The van der Waals surface area contributed by atoms with E-state index < -0.39 is 17.8 Å². The predicted octanol–water partition coefficient (Wildman–Crippen LogP) is 5.48. The van der Waals surface area contributed by atoms with E-state index in [-0.39, 0.29) is 35.9 Å². The maximum Gasteiger partial charge on any atom is 0.417 e. The number of ether oxygens (including phenoxy) is 2. The van der Waals surface area contributed by atoms with E-state index in [1.54, 1.807) is 12.1 Å². The molecule has 3 aliphatic heterocycles. The van der Waals surface area contributed by atoms with Crippen LogP contribution in [-0.4, -0.2) is 65.3 Å². The third-order valence-electron chi connectivity index (χ3n) is 7.13. The number of morpholine rings is 1. The van der Waals surface area contributed by atoms with Gasteiger partial charge in [0.15, 0.2) is 0 Å². The van der Waals surface area contributed by atoms with Crippen molar-refractivity contribution >= 4 is 29.2 Å². The molecule has 3 saturated heterocycles. The van der Waals surface area contributed by atoms with Crippen molar-refractivity contribution in [1.82, 2.24) is 14.8 Å². The van der Waals surface area contributed by atoms with E-state index in [1.807, 2.05) is 22.8 Å². The zero-order chi connectivity index (χ0) is 24.9. The first-order valence-corrected chi connectivity index (χ1v) is 12.2. The van der Waals surface area contributed by atoms with Gasteiger partial charge < -0.3 is 19.3 Å². The number of halogens is 5. The zero-order valence-electron chi connectivity index (χ0n) is 18.8. The van der Waals surface area contributed by atoms with Crippen molar-refractivity contribution in [3.05, 3.63) is 57.7 Å². The highest BCUT2D eigenvalue weighted by molar-refractivity contribution is 6.42. The van der Waals surface area contributed by atoms with Gasteiger partial charge in [-0.25, -0.2) is 9.78 Å². The molecule has 0 radical (unpaired) electrons. The van der Waals surface area contributed by atoms with Gasteiger partial charge in [0, 0.05) is 43.7 Å². The van der Waals surface area contributed by atoms with Crippen molar-refractivity contribution in [3.63, 3.8) is 0 Å². The van der Waals surface area contributed by atoms with Crippen LogP contribution in [0.15, 0.2) is 36.5 Å². The number of amides is 2. The highest BCUT2D eigenvalue weighted by atomic mass is 35.5. The summed E-state index contributed by atoms with van der Waals surface area (Å²) in [6.45, 7) is 3.88. The van der Waals surface area contributed by atoms with Gasteiger partial charge in [-0.05, 0) is 37.1 Å². The van der Waals surface area contributed by atoms with Crippen molar-refractivity contribution in [2.24, 2.45) is 5.92 Å². The van der Waals surface area contributed by atoms with Crippen molar-refractivity contribution in [1.29, 1.82) is 0 Å². The fourth-order valence-corrected chi connectivity index (χ4v) is 5.57. The topological polar surface area (TPSA) is 54.9 Å². The van der Waals surface area contributed by atoms with Crippen LogP contribution in [0.5, 0.6) is 5.88 Å². The predicted molar refractivity (Wildman–Crippen MR) is 124 cm³/mol. The lowest BCUT2D eigenvalue weighted by molar-refractivity contribution is -0.137. The normalized spacial score (nSPS) is 26.9. The number of fused-ring (bicyclic) bond motifs is 2. The Labute approximate surface area is 210 Å². The molecule has 4 heterocycles. The van der Waals surface area contributed by atoms with Crippen molar-refractivity contribution in [3.8, 4) is 5.88 Å². The van der Waals surface area contributed by atoms with E-state index in [4.69, 9.17) is 32.7 Å². The Kier molecular flexibility index (Phi) is 6.52. The molecule has 3 fully saturated rings. The lowest BCUT2D eigenvalue weighted by atomic mass is 9.86. The number of hydrogen-bond acceptors (Lipinski definition) is 4. The molecule has 6 nitrogen and oxygen atoms in total.